The molecule has 1 amide bonds. The fourth-order valence-electron chi connectivity index (χ4n) is 3.12. The van der Waals surface area contributed by atoms with E-state index < -0.39 is 20.8 Å². The zero-order valence-electron chi connectivity index (χ0n) is 14.4. The zero-order chi connectivity index (χ0) is 19.4. The number of benzene rings is 2. The predicted octanol–water partition coefficient (Wildman–Crippen LogP) is 2.23. The number of hydrogen-bond donors (Lipinski definition) is 1. The summed E-state index contributed by atoms with van der Waals surface area (Å²) in [6.07, 6.45) is 0.389. The van der Waals surface area contributed by atoms with E-state index in [1.54, 1.807) is 30.3 Å². The second-order valence-electron chi connectivity index (χ2n) is 6.32. The quantitative estimate of drug-likeness (QED) is 0.599. The molecule has 0 aromatic heterocycles. The van der Waals surface area contributed by atoms with Crippen molar-refractivity contribution in [3.8, 4) is 0 Å². The number of anilines is 2. The summed E-state index contributed by atoms with van der Waals surface area (Å²) in [5, 5.41) is 13.8. The smallest absolute Gasteiger partial charge is 0.271 e. The first kappa shape index (κ1) is 18.8. The van der Waals surface area contributed by atoms with Gasteiger partial charge in [0.05, 0.1) is 29.0 Å². The van der Waals surface area contributed by atoms with Gasteiger partial charge in [-0.05, 0) is 24.6 Å². The molecular formula is C18H19N3O5S. The molecule has 27 heavy (non-hydrogen) atoms. The summed E-state index contributed by atoms with van der Waals surface area (Å²) < 4.78 is 23.7. The molecule has 0 unspecified atom stereocenters. The number of carbonyl (C=O) groups excluding carboxylic acids is 1. The summed E-state index contributed by atoms with van der Waals surface area (Å²) in [6, 6.07) is 14.4. The Kier molecular flexibility index (Phi) is 5.41. The highest BCUT2D eigenvalue weighted by molar-refractivity contribution is 7.91. The molecule has 0 spiro atoms. The third-order valence-electron chi connectivity index (χ3n) is 4.38. The second-order valence-corrected chi connectivity index (χ2v) is 8.55. The van der Waals surface area contributed by atoms with E-state index in [0.717, 1.165) is 0 Å². The normalized spacial score (nSPS) is 18.0. The minimum absolute atomic E-state index is 0.0621. The molecule has 1 heterocycles. The van der Waals surface area contributed by atoms with Crippen molar-refractivity contribution in [2.75, 3.05) is 28.3 Å². The Hall–Kier alpha value is -2.94. The van der Waals surface area contributed by atoms with Gasteiger partial charge in [0.25, 0.3) is 5.69 Å². The van der Waals surface area contributed by atoms with Crippen LogP contribution in [0, 0.1) is 10.1 Å². The summed E-state index contributed by atoms with van der Waals surface area (Å²) in [5.41, 5.74) is 1.00. The van der Waals surface area contributed by atoms with E-state index in [2.05, 4.69) is 5.32 Å². The minimum atomic E-state index is -3.15. The highest BCUT2D eigenvalue weighted by Crippen LogP contribution is 2.25. The number of nitro groups is 1. The number of nitrogens with one attached hydrogen (secondary N) is 1. The van der Waals surface area contributed by atoms with E-state index in [-0.39, 0.29) is 29.6 Å². The van der Waals surface area contributed by atoms with Gasteiger partial charge in [0.1, 0.15) is 0 Å². The molecule has 2 aromatic carbocycles. The van der Waals surface area contributed by atoms with Crippen LogP contribution in [-0.2, 0) is 14.6 Å². The largest absolute Gasteiger partial charge is 0.376 e. The topological polar surface area (TPSA) is 110 Å². The van der Waals surface area contributed by atoms with Crippen molar-refractivity contribution in [1.29, 1.82) is 0 Å². The van der Waals surface area contributed by atoms with E-state index in [0.29, 0.717) is 17.8 Å². The fraction of sp³-hybridized carbons (Fsp3) is 0.278. The SMILES string of the molecule is O=C(CNc1cccc([N+](=O)[O-])c1)N(c1ccccc1)[C@@H]1CCS(=O)(=O)C1. The minimum Gasteiger partial charge on any atom is -0.376 e. The molecule has 1 atom stereocenters. The van der Waals surface area contributed by atoms with Gasteiger partial charge in [0, 0.05) is 23.5 Å². The monoisotopic (exact) mass is 389 g/mol. The molecule has 0 radical (unpaired) electrons. The van der Waals surface area contributed by atoms with Crippen LogP contribution in [0.4, 0.5) is 17.1 Å². The molecule has 1 aliphatic heterocycles. The van der Waals surface area contributed by atoms with Gasteiger partial charge in [-0.25, -0.2) is 8.42 Å². The van der Waals surface area contributed by atoms with Crippen LogP contribution in [-0.4, -0.2) is 43.3 Å². The van der Waals surface area contributed by atoms with Crippen molar-refractivity contribution in [3.05, 3.63) is 64.7 Å². The van der Waals surface area contributed by atoms with Gasteiger partial charge < -0.3 is 10.2 Å². The van der Waals surface area contributed by atoms with Crippen LogP contribution in [0.15, 0.2) is 54.6 Å². The highest BCUT2D eigenvalue weighted by atomic mass is 32.2. The number of para-hydroxylation sites is 1. The first-order valence-corrected chi connectivity index (χ1v) is 10.2. The molecule has 1 fully saturated rings. The Morgan fingerprint density at radius 2 is 1.93 bits per heavy atom. The number of amides is 1. The van der Waals surface area contributed by atoms with E-state index >= 15 is 0 Å². The summed E-state index contributed by atoms with van der Waals surface area (Å²) in [5.74, 6) is -0.299. The molecule has 0 aliphatic carbocycles. The van der Waals surface area contributed by atoms with Crippen LogP contribution in [0.3, 0.4) is 0 Å². The molecule has 0 saturated carbocycles. The lowest BCUT2D eigenvalue weighted by molar-refractivity contribution is -0.384. The van der Waals surface area contributed by atoms with Gasteiger partial charge in [0.2, 0.25) is 5.91 Å². The van der Waals surface area contributed by atoms with Crippen LogP contribution >= 0.6 is 0 Å². The molecule has 1 N–H and O–H groups in total. The Morgan fingerprint density at radius 3 is 2.56 bits per heavy atom. The van der Waals surface area contributed by atoms with Gasteiger partial charge in [-0.15, -0.1) is 0 Å². The molecule has 2 aromatic rings. The lowest BCUT2D eigenvalue weighted by Gasteiger charge is -2.28. The average Bonchev–Trinajstić information content (AvgIpc) is 3.00. The Morgan fingerprint density at radius 1 is 1.19 bits per heavy atom. The number of sulfone groups is 1. The number of nitro benzene ring substituents is 1. The van der Waals surface area contributed by atoms with Crippen LogP contribution in [0.5, 0.6) is 0 Å². The third-order valence-corrected chi connectivity index (χ3v) is 6.13. The van der Waals surface area contributed by atoms with E-state index in [9.17, 15) is 23.3 Å². The Balaban J connectivity index is 1.77. The summed E-state index contributed by atoms with van der Waals surface area (Å²) in [4.78, 5) is 24.7. The van der Waals surface area contributed by atoms with Crippen LogP contribution in [0.2, 0.25) is 0 Å². The average molecular weight is 389 g/mol. The highest BCUT2D eigenvalue weighted by Gasteiger charge is 2.35. The molecule has 1 saturated heterocycles. The molecule has 1 aliphatic rings. The molecule has 3 rings (SSSR count). The first-order valence-electron chi connectivity index (χ1n) is 8.41. The molecule has 0 bridgehead atoms. The summed E-state index contributed by atoms with van der Waals surface area (Å²) in [7, 11) is -3.15. The van der Waals surface area contributed by atoms with Gasteiger partial charge >= 0.3 is 0 Å². The van der Waals surface area contributed by atoms with Gasteiger partial charge in [-0.1, -0.05) is 24.3 Å². The number of nitrogens with zero attached hydrogens (tertiary/aromatic N) is 2. The maximum atomic E-state index is 12.9. The number of hydrogen-bond acceptors (Lipinski definition) is 6. The van der Waals surface area contributed by atoms with Gasteiger partial charge in [-0.3, -0.25) is 14.9 Å². The Bertz CT molecular complexity index is 946. The number of rotatable bonds is 6. The lowest BCUT2D eigenvalue weighted by Crippen LogP contribution is -2.44. The van der Waals surface area contributed by atoms with Gasteiger partial charge in [0.15, 0.2) is 9.84 Å². The van der Waals surface area contributed by atoms with E-state index in [4.69, 9.17) is 0 Å². The maximum absolute atomic E-state index is 12.9. The van der Waals surface area contributed by atoms with Crippen LogP contribution < -0.4 is 10.2 Å². The van der Waals surface area contributed by atoms with Crippen LogP contribution in [0.25, 0.3) is 0 Å². The number of non-ortho nitro benzene ring substituents is 1. The standard InChI is InChI=1S/C18H19N3O5S/c22-18(12-19-14-5-4-8-16(11-14)21(23)24)20(15-6-2-1-3-7-15)17-9-10-27(25,26)13-17/h1-8,11,17,19H,9-10,12-13H2/t17-/m1/s1. The molecule has 8 nitrogen and oxygen atoms in total. The first-order chi connectivity index (χ1) is 12.9. The maximum Gasteiger partial charge on any atom is 0.271 e. The van der Waals surface area contributed by atoms with E-state index in [1.165, 1.54) is 23.1 Å². The van der Waals surface area contributed by atoms with Crippen molar-refractivity contribution < 1.29 is 18.1 Å². The van der Waals surface area contributed by atoms with Crippen molar-refractivity contribution in [3.63, 3.8) is 0 Å². The fourth-order valence-corrected chi connectivity index (χ4v) is 4.82. The summed E-state index contributed by atoms with van der Waals surface area (Å²) >= 11 is 0. The Labute approximate surface area is 156 Å². The van der Waals surface area contributed by atoms with Crippen molar-refractivity contribution >= 4 is 32.8 Å². The van der Waals surface area contributed by atoms with Crippen molar-refractivity contribution in [1.82, 2.24) is 0 Å². The van der Waals surface area contributed by atoms with Crippen molar-refractivity contribution in [2.45, 2.75) is 12.5 Å². The molecular weight excluding hydrogens is 370 g/mol. The van der Waals surface area contributed by atoms with E-state index in [1.807, 2.05) is 6.07 Å². The van der Waals surface area contributed by atoms with Crippen LogP contribution in [0.1, 0.15) is 6.42 Å². The van der Waals surface area contributed by atoms with Crippen molar-refractivity contribution in [2.24, 2.45) is 0 Å². The lowest BCUT2D eigenvalue weighted by atomic mass is 10.1. The third kappa shape index (κ3) is 4.62. The summed E-state index contributed by atoms with van der Waals surface area (Å²) in [6.45, 7) is -0.105. The molecule has 142 valence electrons. The second kappa shape index (κ2) is 7.75. The predicted molar refractivity (Wildman–Crippen MR) is 103 cm³/mol. The molecule has 9 heteroatoms. The number of carbonyl (C=O) groups is 1. The zero-order valence-corrected chi connectivity index (χ0v) is 15.3. The van der Waals surface area contributed by atoms with Gasteiger partial charge in [-0.2, -0.15) is 0 Å².